The molecule has 0 saturated carbocycles. The maximum atomic E-state index is 12.4. The van der Waals surface area contributed by atoms with Crippen molar-refractivity contribution in [3.8, 4) is 5.75 Å². The van der Waals surface area contributed by atoms with Gasteiger partial charge in [0.05, 0.1) is 10.6 Å². The maximum Gasteiger partial charge on any atom is 0.262 e. The largest absolute Gasteiger partial charge is 0.483 e. The molecule has 0 aliphatic heterocycles. The highest BCUT2D eigenvalue weighted by Gasteiger charge is 2.11. The summed E-state index contributed by atoms with van der Waals surface area (Å²) in [6.45, 7) is 3.83. The average molecular weight is 409 g/mol. The second-order valence-electron chi connectivity index (χ2n) is 6.62. The average Bonchev–Trinajstić information content (AvgIpc) is 2.68. The molecule has 0 spiro atoms. The van der Waals surface area contributed by atoms with Gasteiger partial charge in [0.25, 0.3) is 11.8 Å². The van der Waals surface area contributed by atoms with Crippen LogP contribution in [0, 0.1) is 13.8 Å². The van der Waals surface area contributed by atoms with Crippen molar-refractivity contribution in [1.29, 1.82) is 0 Å². The maximum absolute atomic E-state index is 12.4. The summed E-state index contributed by atoms with van der Waals surface area (Å²) >= 11 is 6.06. The van der Waals surface area contributed by atoms with Crippen LogP contribution < -0.4 is 15.4 Å². The number of halogens is 1. The van der Waals surface area contributed by atoms with E-state index < -0.39 is 0 Å². The lowest BCUT2D eigenvalue weighted by Crippen LogP contribution is -2.20. The Morgan fingerprint density at radius 3 is 2.34 bits per heavy atom. The zero-order valence-electron chi connectivity index (χ0n) is 16.2. The fourth-order valence-electron chi connectivity index (χ4n) is 2.82. The smallest absolute Gasteiger partial charge is 0.262 e. The van der Waals surface area contributed by atoms with Crippen LogP contribution in [-0.2, 0) is 4.79 Å². The molecule has 0 bridgehead atoms. The van der Waals surface area contributed by atoms with Gasteiger partial charge in [0.15, 0.2) is 6.61 Å². The van der Waals surface area contributed by atoms with E-state index in [2.05, 4.69) is 10.6 Å². The van der Waals surface area contributed by atoms with Crippen molar-refractivity contribution < 1.29 is 14.3 Å². The van der Waals surface area contributed by atoms with Crippen LogP contribution in [0.5, 0.6) is 5.75 Å². The Balaban J connectivity index is 1.60. The standard InChI is InChI=1S/C23H21ClN2O3/c1-15-10-11-21(16(2)12-15)29-14-22(27)25-17-6-5-7-18(13-17)26-23(28)19-8-3-4-9-20(19)24/h3-13H,14H2,1-2H3,(H,25,27)(H,26,28). The minimum atomic E-state index is -0.322. The minimum Gasteiger partial charge on any atom is -0.483 e. The molecular weight excluding hydrogens is 388 g/mol. The Labute approximate surface area is 174 Å². The summed E-state index contributed by atoms with van der Waals surface area (Å²) in [5.41, 5.74) is 3.58. The summed E-state index contributed by atoms with van der Waals surface area (Å²) in [6.07, 6.45) is 0. The molecule has 0 fully saturated rings. The molecule has 2 amide bonds. The van der Waals surface area contributed by atoms with E-state index in [1.165, 1.54) is 0 Å². The van der Waals surface area contributed by atoms with Gasteiger partial charge in [0, 0.05) is 11.4 Å². The van der Waals surface area contributed by atoms with E-state index in [4.69, 9.17) is 16.3 Å². The predicted molar refractivity (Wildman–Crippen MR) is 116 cm³/mol. The molecule has 0 saturated heterocycles. The van der Waals surface area contributed by atoms with Gasteiger partial charge in [-0.05, 0) is 55.8 Å². The van der Waals surface area contributed by atoms with Crippen molar-refractivity contribution in [2.24, 2.45) is 0 Å². The molecule has 0 radical (unpaired) electrons. The normalized spacial score (nSPS) is 10.3. The van der Waals surface area contributed by atoms with Crippen molar-refractivity contribution in [3.05, 3.63) is 88.4 Å². The molecule has 0 aromatic heterocycles. The van der Waals surface area contributed by atoms with Crippen LogP contribution in [0.2, 0.25) is 5.02 Å². The van der Waals surface area contributed by atoms with Gasteiger partial charge >= 0.3 is 0 Å². The Morgan fingerprint density at radius 1 is 0.897 bits per heavy atom. The number of ether oxygens (including phenoxy) is 1. The summed E-state index contributed by atoms with van der Waals surface area (Å²) in [5, 5.41) is 5.92. The SMILES string of the molecule is Cc1ccc(OCC(=O)Nc2cccc(NC(=O)c3ccccc3Cl)c2)c(C)c1. The van der Waals surface area contributed by atoms with Gasteiger partial charge < -0.3 is 15.4 Å². The number of aryl methyl sites for hydroxylation is 2. The van der Waals surface area contributed by atoms with Crippen molar-refractivity contribution in [2.45, 2.75) is 13.8 Å². The lowest BCUT2D eigenvalue weighted by molar-refractivity contribution is -0.118. The van der Waals surface area contributed by atoms with Crippen molar-refractivity contribution in [1.82, 2.24) is 0 Å². The molecule has 5 nitrogen and oxygen atoms in total. The first kappa shape index (κ1) is 20.4. The van der Waals surface area contributed by atoms with Gasteiger partial charge in [-0.1, -0.05) is 47.5 Å². The molecule has 0 aliphatic rings. The molecule has 3 rings (SSSR count). The van der Waals surface area contributed by atoms with E-state index >= 15 is 0 Å². The Morgan fingerprint density at radius 2 is 1.62 bits per heavy atom. The van der Waals surface area contributed by atoms with Crippen LogP contribution in [0.25, 0.3) is 0 Å². The van der Waals surface area contributed by atoms with Crippen molar-refractivity contribution in [3.63, 3.8) is 0 Å². The van der Waals surface area contributed by atoms with Gasteiger partial charge in [-0.3, -0.25) is 9.59 Å². The van der Waals surface area contributed by atoms with Crippen LogP contribution in [0.4, 0.5) is 11.4 Å². The molecule has 0 unspecified atom stereocenters. The molecule has 3 aromatic rings. The Kier molecular flexibility index (Phi) is 6.52. The van der Waals surface area contributed by atoms with E-state index in [1.54, 1.807) is 48.5 Å². The van der Waals surface area contributed by atoms with Crippen molar-refractivity contribution >= 4 is 34.8 Å². The van der Waals surface area contributed by atoms with Crippen LogP contribution in [-0.4, -0.2) is 18.4 Å². The van der Waals surface area contributed by atoms with Gasteiger partial charge in [-0.15, -0.1) is 0 Å². The first-order valence-corrected chi connectivity index (χ1v) is 9.46. The number of rotatable bonds is 6. The highest BCUT2D eigenvalue weighted by atomic mass is 35.5. The number of hydrogen-bond donors (Lipinski definition) is 2. The van der Waals surface area contributed by atoms with Crippen molar-refractivity contribution in [2.75, 3.05) is 17.2 Å². The third-order valence-corrected chi connectivity index (χ3v) is 4.54. The molecule has 29 heavy (non-hydrogen) atoms. The van der Waals surface area contributed by atoms with Gasteiger partial charge in [0.1, 0.15) is 5.75 Å². The fourth-order valence-corrected chi connectivity index (χ4v) is 3.04. The Bertz CT molecular complexity index is 1050. The first-order chi connectivity index (χ1) is 13.9. The quantitative estimate of drug-likeness (QED) is 0.587. The molecule has 0 heterocycles. The number of nitrogens with one attached hydrogen (secondary N) is 2. The van der Waals surface area contributed by atoms with Gasteiger partial charge in [-0.25, -0.2) is 0 Å². The second kappa shape index (κ2) is 9.26. The monoisotopic (exact) mass is 408 g/mol. The molecule has 2 N–H and O–H groups in total. The highest BCUT2D eigenvalue weighted by molar-refractivity contribution is 6.34. The number of carbonyl (C=O) groups excluding carboxylic acids is 2. The lowest BCUT2D eigenvalue weighted by atomic mass is 10.1. The summed E-state index contributed by atoms with van der Waals surface area (Å²) in [4.78, 5) is 24.6. The fraction of sp³-hybridized carbons (Fsp3) is 0.130. The van der Waals surface area contributed by atoms with Crippen LogP contribution in [0.1, 0.15) is 21.5 Å². The van der Waals surface area contributed by atoms with Gasteiger partial charge in [0.2, 0.25) is 0 Å². The van der Waals surface area contributed by atoms with E-state index in [0.717, 1.165) is 11.1 Å². The second-order valence-corrected chi connectivity index (χ2v) is 7.03. The minimum absolute atomic E-state index is 0.111. The number of anilines is 2. The van der Waals surface area contributed by atoms with E-state index in [0.29, 0.717) is 27.7 Å². The Hall–Kier alpha value is -3.31. The molecule has 148 valence electrons. The van der Waals surface area contributed by atoms with E-state index in [9.17, 15) is 9.59 Å². The number of carbonyl (C=O) groups is 2. The third-order valence-electron chi connectivity index (χ3n) is 4.21. The summed E-state index contributed by atoms with van der Waals surface area (Å²) in [6, 6.07) is 19.5. The van der Waals surface area contributed by atoms with Crippen LogP contribution >= 0.6 is 11.6 Å². The first-order valence-electron chi connectivity index (χ1n) is 9.08. The third kappa shape index (κ3) is 5.59. The summed E-state index contributed by atoms with van der Waals surface area (Å²) in [7, 11) is 0. The molecule has 3 aromatic carbocycles. The van der Waals surface area contributed by atoms with E-state index in [-0.39, 0.29) is 18.4 Å². The molecular formula is C23H21ClN2O3. The summed E-state index contributed by atoms with van der Waals surface area (Å²) in [5.74, 6) is 0.0586. The molecule has 6 heteroatoms. The van der Waals surface area contributed by atoms with Crippen LogP contribution in [0.15, 0.2) is 66.7 Å². The zero-order chi connectivity index (χ0) is 20.8. The number of amides is 2. The topological polar surface area (TPSA) is 67.4 Å². The highest BCUT2D eigenvalue weighted by Crippen LogP contribution is 2.21. The van der Waals surface area contributed by atoms with Gasteiger partial charge in [-0.2, -0.15) is 0 Å². The molecule has 0 aliphatic carbocycles. The lowest BCUT2D eigenvalue weighted by Gasteiger charge is -2.11. The summed E-state index contributed by atoms with van der Waals surface area (Å²) < 4.78 is 5.60. The number of hydrogen-bond acceptors (Lipinski definition) is 3. The molecule has 0 atom stereocenters. The van der Waals surface area contributed by atoms with Crippen LogP contribution in [0.3, 0.4) is 0 Å². The number of benzene rings is 3. The predicted octanol–water partition coefficient (Wildman–Crippen LogP) is 5.23. The van der Waals surface area contributed by atoms with E-state index in [1.807, 2.05) is 32.0 Å². The zero-order valence-corrected chi connectivity index (χ0v) is 16.9.